The summed E-state index contributed by atoms with van der Waals surface area (Å²) < 4.78 is 32.1. The van der Waals surface area contributed by atoms with Crippen LogP contribution in [0.1, 0.15) is 36.0 Å². The van der Waals surface area contributed by atoms with Gasteiger partial charge in [-0.15, -0.1) is 6.42 Å². The smallest absolute Gasteiger partial charge is 0.338 e. The SMILES string of the molecule is C#CCNC(=O)COC(=O)c1ccc(Cl)c(S(=O)(=O)N2CCCCCC2)c1. The van der Waals surface area contributed by atoms with E-state index in [1.54, 1.807) is 0 Å². The van der Waals surface area contributed by atoms with Gasteiger partial charge in [0.25, 0.3) is 5.91 Å². The molecule has 0 unspecified atom stereocenters. The van der Waals surface area contributed by atoms with E-state index in [1.807, 2.05) is 0 Å². The van der Waals surface area contributed by atoms with Gasteiger partial charge in [0.05, 0.1) is 17.1 Å². The molecular weight excluding hydrogens is 392 g/mol. The van der Waals surface area contributed by atoms with Crippen LogP contribution in [-0.4, -0.2) is 50.8 Å². The normalized spacial score (nSPS) is 15.4. The second-order valence-corrected chi connectivity index (χ2v) is 8.33. The van der Waals surface area contributed by atoms with E-state index in [9.17, 15) is 18.0 Å². The maximum absolute atomic E-state index is 12.9. The van der Waals surface area contributed by atoms with Crippen LogP contribution in [0.4, 0.5) is 0 Å². The van der Waals surface area contributed by atoms with Crippen LogP contribution in [0.5, 0.6) is 0 Å². The van der Waals surface area contributed by atoms with E-state index >= 15 is 0 Å². The van der Waals surface area contributed by atoms with Gasteiger partial charge in [-0.3, -0.25) is 4.79 Å². The van der Waals surface area contributed by atoms with Crippen molar-refractivity contribution in [2.45, 2.75) is 30.6 Å². The second-order valence-electron chi connectivity index (χ2n) is 6.02. The molecule has 1 aromatic carbocycles. The Labute approximate surface area is 164 Å². The van der Waals surface area contributed by atoms with Crippen LogP contribution in [0.2, 0.25) is 5.02 Å². The lowest BCUT2D eigenvalue weighted by Crippen LogP contribution is -2.32. The molecule has 1 heterocycles. The fourth-order valence-corrected chi connectivity index (χ4v) is 4.68. The second kappa shape index (κ2) is 9.74. The van der Waals surface area contributed by atoms with E-state index in [2.05, 4.69) is 11.2 Å². The van der Waals surface area contributed by atoms with E-state index in [-0.39, 0.29) is 22.0 Å². The van der Waals surface area contributed by atoms with Crippen molar-refractivity contribution in [1.82, 2.24) is 9.62 Å². The first-order valence-corrected chi connectivity index (χ1v) is 10.3. The lowest BCUT2D eigenvalue weighted by Gasteiger charge is -2.21. The van der Waals surface area contributed by atoms with Gasteiger partial charge < -0.3 is 10.1 Å². The molecule has 7 nitrogen and oxygen atoms in total. The highest BCUT2D eigenvalue weighted by Crippen LogP contribution is 2.27. The highest BCUT2D eigenvalue weighted by atomic mass is 35.5. The Morgan fingerprint density at radius 3 is 2.52 bits per heavy atom. The molecule has 1 aliphatic rings. The molecule has 1 fully saturated rings. The number of carbonyl (C=O) groups is 2. The van der Waals surface area contributed by atoms with Crippen molar-refractivity contribution in [2.75, 3.05) is 26.2 Å². The molecule has 0 radical (unpaired) electrons. The van der Waals surface area contributed by atoms with Crippen LogP contribution in [-0.2, 0) is 19.6 Å². The predicted molar refractivity (Wildman–Crippen MR) is 101 cm³/mol. The van der Waals surface area contributed by atoms with E-state index in [4.69, 9.17) is 22.8 Å². The number of nitrogens with zero attached hydrogens (tertiary/aromatic N) is 1. The maximum Gasteiger partial charge on any atom is 0.338 e. The Morgan fingerprint density at radius 2 is 1.89 bits per heavy atom. The van der Waals surface area contributed by atoms with Gasteiger partial charge >= 0.3 is 5.97 Å². The maximum atomic E-state index is 12.9. The monoisotopic (exact) mass is 412 g/mol. The number of terminal acetylenes is 1. The third-order valence-corrected chi connectivity index (χ3v) is 6.45. The average Bonchev–Trinajstić information content (AvgIpc) is 2.94. The molecule has 0 bridgehead atoms. The van der Waals surface area contributed by atoms with Crippen molar-refractivity contribution < 1.29 is 22.7 Å². The van der Waals surface area contributed by atoms with Gasteiger partial charge in [0.1, 0.15) is 4.90 Å². The first-order chi connectivity index (χ1) is 12.9. The zero-order valence-corrected chi connectivity index (χ0v) is 16.3. The summed E-state index contributed by atoms with van der Waals surface area (Å²) in [6, 6.07) is 3.87. The number of amides is 1. The molecule has 0 aromatic heterocycles. The van der Waals surface area contributed by atoms with Crippen molar-refractivity contribution in [3.63, 3.8) is 0 Å². The Kier molecular flexibility index (Phi) is 7.66. The van der Waals surface area contributed by atoms with Crippen LogP contribution in [0.15, 0.2) is 23.1 Å². The van der Waals surface area contributed by atoms with Crippen LogP contribution < -0.4 is 5.32 Å². The van der Waals surface area contributed by atoms with Gasteiger partial charge in [-0.05, 0) is 31.0 Å². The molecule has 1 amide bonds. The Balaban J connectivity index is 2.16. The van der Waals surface area contributed by atoms with Crippen LogP contribution in [0.3, 0.4) is 0 Å². The van der Waals surface area contributed by atoms with Crippen LogP contribution >= 0.6 is 11.6 Å². The zero-order chi connectivity index (χ0) is 19.9. The number of nitrogens with one attached hydrogen (secondary N) is 1. The van der Waals surface area contributed by atoms with Crippen molar-refractivity contribution >= 4 is 33.5 Å². The summed E-state index contributed by atoms with van der Waals surface area (Å²) in [6.07, 6.45) is 8.55. The summed E-state index contributed by atoms with van der Waals surface area (Å²) >= 11 is 6.09. The number of halogens is 1. The third kappa shape index (κ3) is 5.70. The summed E-state index contributed by atoms with van der Waals surface area (Å²) in [6.45, 7) is 0.346. The molecule has 1 saturated heterocycles. The van der Waals surface area contributed by atoms with E-state index < -0.39 is 28.5 Å². The lowest BCUT2D eigenvalue weighted by molar-refractivity contribution is -0.123. The summed E-state index contributed by atoms with van der Waals surface area (Å²) in [4.78, 5) is 23.5. The number of rotatable bonds is 6. The minimum absolute atomic E-state index is 0.00227. The molecule has 0 spiro atoms. The first kappa shape index (κ1) is 21.2. The summed E-state index contributed by atoms with van der Waals surface area (Å²) in [5, 5.41) is 2.39. The number of carbonyl (C=O) groups excluding carboxylic acids is 2. The van der Waals surface area contributed by atoms with Gasteiger partial charge in [-0.25, -0.2) is 13.2 Å². The largest absolute Gasteiger partial charge is 0.452 e. The summed E-state index contributed by atoms with van der Waals surface area (Å²) in [7, 11) is -3.82. The molecule has 1 aromatic rings. The molecule has 0 saturated carbocycles. The number of ether oxygens (including phenoxy) is 1. The molecular formula is C18H21ClN2O5S. The van der Waals surface area contributed by atoms with E-state index in [0.29, 0.717) is 13.1 Å². The number of benzene rings is 1. The Morgan fingerprint density at radius 1 is 1.22 bits per heavy atom. The Bertz CT molecular complexity index is 840. The van der Waals surface area contributed by atoms with Crippen molar-refractivity contribution in [3.05, 3.63) is 28.8 Å². The molecule has 0 atom stereocenters. The van der Waals surface area contributed by atoms with Gasteiger partial charge in [0, 0.05) is 13.1 Å². The molecule has 1 N–H and O–H groups in total. The number of esters is 1. The molecule has 27 heavy (non-hydrogen) atoms. The van der Waals surface area contributed by atoms with Crippen molar-refractivity contribution in [2.24, 2.45) is 0 Å². The van der Waals surface area contributed by atoms with Crippen molar-refractivity contribution in [3.8, 4) is 12.3 Å². The van der Waals surface area contributed by atoms with Gasteiger partial charge in [0.2, 0.25) is 10.0 Å². The van der Waals surface area contributed by atoms with Crippen molar-refractivity contribution in [1.29, 1.82) is 0 Å². The standard InChI is InChI=1S/C18H21ClN2O5S/c1-2-9-20-17(22)13-26-18(23)14-7-8-15(19)16(12-14)27(24,25)21-10-5-3-4-6-11-21/h1,7-8,12H,3-6,9-11,13H2,(H,20,22). The number of sulfonamides is 1. The fraction of sp³-hybridized carbons (Fsp3) is 0.444. The minimum Gasteiger partial charge on any atom is -0.452 e. The van der Waals surface area contributed by atoms with E-state index in [1.165, 1.54) is 22.5 Å². The quantitative estimate of drug-likeness (QED) is 0.568. The third-order valence-electron chi connectivity index (χ3n) is 4.07. The summed E-state index contributed by atoms with van der Waals surface area (Å²) in [5.41, 5.74) is -0.00227. The number of hydrogen-bond donors (Lipinski definition) is 1. The highest BCUT2D eigenvalue weighted by Gasteiger charge is 2.28. The molecule has 2 rings (SSSR count). The summed E-state index contributed by atoms with van der Waals surface area (Å²) in [5.74, 6) is 0.853. The molecule has 9 heteroatoms. The first-order valence-electron chi connectivity index (χ1n) is 8.53. The van der Waals surface area contributed by atoms with E-state index in [0.717, 1.165) is 25.7 Å². The van der Waals surface area contributed by atoms with Crippen LogP contribution in [0, 0.1) is 12.3 Å². The van der Waals surface area contributed by atoms with Gasteiger partial charge in [0.15, 0.2) is 6.61 Å². The topological polar surface area (TPSA) is 92.8 Å². The zero-order valence-electron chi connectivity index (χ0n) is 14.7. The number of hydrogen-bond acceptors (Lipinski definition) is 5. The predicted octanol–water partition coefficient (Wildman–Crippen LogP) is 1.81. The molecule has 146 valence electrons. The highest BCUT2D eigenvalue weighted by molar-refractivity contribution is 7.89. The lowest BCUT2D eigenvalue weighted by atomic mass is 10.2. The molecule has 1 aliphatic heterocycles. The van der Waals surface area contributed by atoms with Crippen LogP contribution in [0.25, 0.3) is 0 Å². The van der Waals surface area contributed by atoms with Gasteiger partial charge in [-0.2, -0.15) is 4.31 Å². The van der Waals surface area contributed by atoms with Gasteiger partial charge in [-0.1, -0.05) is 30.4 Å². The fourth-order valence-electron chi connectivity index (χ4n) is 2.66. The molecule has 0 aliphatic carbocycles. The minimum atomic E-state index is -3.82. The average molecular weight is 413 g/mol. The Hall–Kier alpha value is -2.08.